The molecule has 0 bridgehead atoms. The van der Waals surface area contributed by atoms with E-state index in [1.165, 1.54) is 11.3 Å². The van der Waals surface area contributed by atoms with E-state index < -0.39 is 5.91 Å². The monoisotopic (exact) mass is 436 g/mol. The summed E-state index contributed by atoms with van der Waals surface area (Å²) in [6.45, 7) is 2.53. The molecule has 4 rings (SSSR count). The molecule has 0 saturated carbocycles. The molecule has 1 aromatic carbocycles. The number of benzene rings is 1. The number of hydrogen-bond donors (Lipinski definition) is 1. The van der Waals surface area contributed by atoms with E-state index >= 15 is 0 Å². The van der Waals surface area contributed by atoms with Crippen molar-refractivity contribution in [2.45, 2.75) is 25.8 Å². The maximum atomic E-state index is 13.3. The van der Waals surface area contributed by atoms with E-state index in [0.29, 0.717) is 22.9 Å². The Morgan fingerprint density at radius 1 is 1.19 bits per heavy atom. The molecule has 9 heteroatoms. The smallest absolute Gasteiger partial charge is 0.266 e. The van der Waals surface area contributed by atoms with Gasteiger partial charge in [-0.3, -0.25) is 9.59 Å². The molecule has 3 heterocycles. The Labute approximate surface area is 184 Å². The van der Waals surface area contributed by atoms with Gasteiger partial charge in [0, 0.05) is 38.0 Å². The SMILES string of the molecule is Cc1ncsc1C(=O)N1CCCC1c1nc(N(C)C)ncc1-c1ccc(C(N)=O)cc1. The van der Waals surface area contributed by atoms with Crippen LogP contribution in [0.15, 0.2) is 36.0 Å². The molecule has 1 saturated heterocycles. The second kappa shape index (κ2) is 8.43. The minimum absolute atomic E-state index is 0.0115. The lowest BCUT2D eigenvalue weighted by molar-refractivity contribution is 0.0737. The summed E-state index contributed by atoms with van der Waals surface area (Å²) in [6, 6.07) is 6.90. The fourth-order valence-electron chi connectivity index (χ4n) is 3.82. The molecular formula is C22H24N6O2S. The van der Waals surface area contributed by atoms with Gasteiger partial charge in [-0.25, -0.2) is 15.0 Å². The maximum Gasteiger partial charge on any atom is 0.266 e. The molecule has 1 atom stereocenters. The summed E-state index contributed by atoms with van der Waals surface area (Å²) in [7, 11) is 3.78. The highest BCUT2D eigenvalue weighted by Gasteiger charge is 2.35. The molecule has 0 radical (unpaired) electrons. The lowest BCUT2D eigenvalue weighted by Crippen LogP contribution is -2.31. The average molecular weight is 437 g/mol. The predicted molar refractivity (Wildman–Crippen MR) is 120 cm³/mol. The van der Waals surface area contributed by atoms with E-state index in [1.807, 2.05) is 43.0 Å². The first kappa shape index (κ1) is 20.9. The lowest BCUT2D eigenvalue weighted by atomic mass is 9.98. The van der Waals surface area contributed by atoms with Crippen LogP contribution in [0.25, 0.3) is 11.1 Å². The molecule has 0 aliphatic carbocycles. The van der Waals surface area contributed by atoms with Gasteiger partial charge in [0.15, 0.2) is 0 Å². The predicted octanol–water partition coefficient (Wildman–Crippen LogP) is 3.05. The number of aromatic nitrogens is 3. The highest BCUT2D eigenvalue weighted by Crippen LogP contribution is 2.38. The molecule has 31 heavy (non-hydrogen) atoms. The summed E-state index contributed by atoms with van der Waals surface area (Å²) in [5, 5.41) is 0. The molecule has 1 aliphatic rings. The summed E-state index contributed by atoms with van der Waals surface area (Å²) in [6.07, 6.45) is 3.51. The highest BCUT2D eigenvalue weighted by molar-refractivity contribution is 7.11. The molecule has 2 aromatic heterocycles. The van der Waals surface area contributed by atoms with Crippen LogP contribution >= 0.6 is 11.3 Å². The van der Waals surface area contributed by atoms with Gasteiger partial charge >= 0.3 is 0 Å². The van der Waals surface area contributed by atoms with Crippen molar-refractivity contribution in [3.63, 3.8) is 0 Å². The molecule has 160 valence electrons. The van der Waals surface area contributed by atoms with Crippen LogP contribution in [0, 0.1) is 6.92 Å². The molecule has 1 aliphatic heterocycles. The second-order valence-electron chi connectivity index (χ2n) is 7.73. The number of nitrogens with zero attached hydrogens (tertiary/aromatic N) is 5. The van der Waals surface area contributed by atoms with E-state index in [2.05, 4.69) is 9.97 Å². The number of aryl methyl sites for hydroxylation is 1. The van der Waals surface area contributed by atoms with Gasteiger partial charge in [-0.1, -0.05) is 12.1 Å². The van der Waals surface area contributed by atoms with Crippen molar-refractivity contribution in [1.29, 1.82) is 0 Å². The van der Waals surface area contributed by atoms with Crippen LogP contribution in [-0.2, 0) is 0 Å². The van der Waals surface area contributed by atoms with Gasteiger partial charge in [0.2, 0.25) is 11.9 Å². The van der Waals surface area contributed by atoms with Crippen molar-refractivity contribution in [2.75, 3.05) is 25.5 Å². The van der Waals surface area contributed by atoms with Crippen LogP contribution in [0.5, 0.6) is 0 Å². The van der Waals surface area contributed by atoms with Gasteiger partial charge in [-0.05, 0) is 37.5 Å². The molecule has 1 fully saturated rings. The van der Waals surface area contributed by atoms with Crippen LogP contribution in [0.3, 0.4) is 0 Å². The lowest BCUT2D eigenvalue weighted by Gasteiger charge is -2.26. The van der Waals surface area contributed by atoms with Gasteiger partial charge in [0.05, 0.1) is 22.9 Å². The largest absolute Gasteiger partial charge is 0.366 e. The fourth-order valence-corrected chi connectivity index (χ4v) is 4.58. The van der Waals surface area contributed by atoms with E-state index in [9.17, 15) is 9.59 Å². The summed E-state index contributed by atoms with van der Waals surface area (Å²) in [4.78, 5) is 42.7. The number of hydrogen-bond acceptors (Lipinski definition) is 7. The third-order valence-corrected chi connectivity index (χ3v) is 6.37. The second-order valence-corrected chi connectivity index (χ2v) is 8.58. The Kier molecular flexibility index (Phi) is 5.69. The minimum Gasteiger partial charge on any atom is -0.366 e. The van der Waals surface area contributed by atoms with E-state index in [0.717, 1.165) is 35.4 Å². The molecule has 0 spiro atoms. The fraction of sp³-hybridized carbons (Fsp3) is 0.318. The number of thiazole rings is 1. The van der Waals surface area contributed by atoms with Crippen LogP contribution in [0.1, 0.15) is 50.3 Å². The minimum atomic E-state index is -0.474. The quantitative estimate of drug-likeness (QED) is 0.659. The van der Waals surface area contributed by atoms with Crippen LogP contribution in [-0.4, -0.2) is 52.3 Å². The molecule has 1 unspecified atom stereocenters. The average Bonchev–Trinajstić information content (AvgIpc) is 3.42. The van der Waals surface area contributed by atoms with Crippen molar-refractivity contribution in [2.24, 2.45) is 5.73 Å². The first-order valence-electron chi connectivity index (χ1n) is 10.0. The van der Waals surface area contributed by atoms with E-state index in [-0.39, 0.29) is 11.9 Å². The third kappa shape index (κ3) is 4.00. The number of carbonyl (C=O) groups is 2. The molecule has 3 aromatic rings. The van der Waals surface area contributed by atoms with Gasteiger partial charge in [-0.2, -0.15) is 0 Å². The molecular weight excluding hydrogens is 412 g/mol. The Morgan fingerprint density at radius 2 is 1.94 bits per heavy atom. The van der Waals surface area contributed by atoms with Crippen LogP contribution in [0.2, 0.25) is 0 Å². The summed E-state index contributed by atoms with van der Waals surface area (Å²) in [5.74, 6) is 0.0989. The normalized spacial score (nSPS) is 15.8. The summed E-state index contributed by atoms with van der Waals surface area (Å²) in [5.41, 5.74) is 10.8. The first-order valence-corrected chi connectivity index (χ1v) is 10.9. The van der Waals surface area contributed by atoms with Gasteiger partial charge in [0.25, 0.3) is 5.91 Å². The summed E-state index contributed by atoms with van der Waals surface area (Å²) >= 11 is 1.37. The number of likely N-dealkylation sites (tertiary alicyclic amines) is 1. The Balaban J connectivity index is 1.78. The Bertz CT molecular complexity index is 1130. The number of anilines is 1. The topological polar surface area (TPSA) is 105 Å². The van der Waals surface area contributed by atoms with Crippen molar-refractivity contribution in [3.8, 4) is 11.1 Å². The maximum absolute atomic E-state index is 13.3. The van der Waals surface area contributed by atoms with Crippen molar-refractivity contribution >= 4 is 29.1 Å². The van der Waals surface area contributed by atoms with Crippen molar-refractivity contribution in [3.05, 3.63) is 57.8 Å². The van der Waals surface area contributed by atoms with Gasteiger partial charge in [-0.15, -0.1) is 11.3 Å². The number of amides is 2. The number of nitrogens with two attached hydrogens (primary N) is 1. The zero-order chi connectivity index (χ0) is 22.1. The number of carbonyl (C=O) groups excluding carboxylic acids is 2. The molecule has 8 nitrogen and oxygen atoms in total. The first-order chi connectivity index (χ1) is 14.9. The Morgan fingerprint density at radius 3 is 2.55 bits per heavy atom. The van der Waals surface area contributed by atoms with E-state index in [1.54, 1.807) is 23.8 Å². The third-order valence-electron chi connectivity index (χ3n) is 5.46. The van der Waals surface area contributed by atoms with Crippen LogP contribution < -0.4 is 10.6 Å². The van der Waals surface area contributed by atoms with Crippen molar-refractivity contribution in [1.82, 2.24) is 19.9 Å². The molecule has 2 amide bonds. The number of rotatable bonds is 5. The zero-order valence-electron chi connectivity index (χ0n) is 17.7. The Hall–Kier alpha value is -3.33. The number of primary amides is 1. The molecule has 2 N–H and O–H groups in total. The van der Waals surface area contributed by atoms with E-state index in [4.69, 9.17) is 10.7 Å². The van der Waals surface area contributed by atoms with Crippen LogP contribution in [0.4, 0.5) is 5.95 Å². The van der Waals surface area contributed by atoms with Crippen molar-refractivity contribution < 1.29 is 9.59 Å². The summed E-state index contributed by atoms with van der Waals surface area (Å²) < 4.78 is 0. The standard InChI is InChI=1S/C22H24N6O2S/c1-13-19(31-12-25-13)21(30)28-10-4-5-17(28)18-16(11-24-22(26-18)27(2)3)14-6-8-15(9-7-14)20(23)29/h6-9,11-12,17H,4-5,10H2,1-3H3,(H2,23,29). The highest BCUT2D eigenvalue weighted by atomic mass is 32.1. The zero-order valence-corrected chi connectivity index (χ0v) is 18.5. The van der Waals surface area contributed by atoms with Gasteiger partial charge < -0.3 is 15.5 Å². The van der Waals surface area contributed by atoms with Gasteiger partial charge in [0.1, 0.15) is 4.88 Å².